The van der Waals surface area contributed by atoms with Crippen molar-refractivity contribution in [2.45, 2.75) is 58.6 Å². The largest absolute Gasteiger partial charge is 0.487 e. The molecule has 0 radical (unpaired) electrons. The van der Waals surface area contributed by atoms with Crippen LogP contribution in [0.3, 0.4) is 0 Å². The Morgan fingerprint density at radius 1 is 1.44 bits per heavy atom. The average Bonchev–Trinajstić information content (AvgIpc) is 2.99. The van der Waals surface area contributed by atoms with Gasteiger partial charge >= 0.3 is 0 Å². The maximum absolute atomic E-state index is 12.1. The van der Waals surface area contributed by atoms with Crippen molar-refractivity contribution < 1.29 is 14.6 Å². The highest BCUT2D eigenvalue weighted by molar-refractivity contribution is 5.78. The predicted octanol–water partition coefficient (Wildman–Crippen LogP) is 3.42. The van der Waals surface area contributed by atoms with Crippen LogP contribution in [-0.2, 0) is 4.79 Å². The predicted molar refractivity (Wildman–Crippen MR) is 96.1 cm³/mol. The summed E-state index contributed by atoms with van der Waals surface area (Å²) in [5, 5.41) is 17.2. The molecule has 1 saturated heterocycles. The molecule has 1 fully saturated rings. The van der Waals surface area contributed by atoms with Crippen LogP contribution >= 0.6 is 0 Å². The minimum absolute atomic E-state index is 0.0250. The molecule has 25 heavy (non-hydrogen) atoms. The molecule has 0 spiro atoms. The van der Waals surface area contributed by atoms with Gasteiger partial charge in [-0.2, -0.15) is 5.26 Å². The molecule has 1 aromatic rings. The molecule has 2 aliphatic rings. The number of aliphatic hydroxyl groups is 1. The van der Waals surface area contributed by atoms with Gasteiger partial charge in [-0.25, -0.2) is 0 Å². The maximum Gasteiger partial charge on any atom is 0.223 e. The zero-order valence-electron chi connectivity index (χ0n) is 15.6. The van der Waals surface area contributed by atoms with E-state index in [1.54, 1.807) is 6.07 Å². The van der Waals surface area contributed by atoms with E-state index in [-0.39, 0.29) is 17.6 Å². The van der Waals surface area contributed by atoms with Crippen LogP contribution in [0.15, 0.2) is 18.2 Å². The fourth-order valence-electron chi connectivity index (χ4n) is 3.16. The van der Waals surface area contributed by atoms with Crippen molar-refractivity contribution in [3.05, 3.63) is 29.3 Å². The highest BCUT2D eigenvalue weighted by Crippen LogP contribution is 2.44. The van der Waals surface area contributed by atoms with Crippen molar-refractivity contribution in [3.63, 3.8) is 0 Å². The quantitative estimate of drug-likeness (QED) is 0.892. The first-order valence-electron chi connectivity index (χ1n) is 8.91. The molecule has 1 N–H and O–H groups in total. The van der Waals surface area contributed by atoms with Gasteiger partial charge in [0.1, 0.15) is 11.4 Å². The second-order valence-corrected chi connectivity index (χ2v) is 7.71. The second kappa shape index (κ2) is 7.88. The van der Waals surface area contributed by atoms with Crippen LogP contribution in [0.5, 0.6) is 5.75 Å². The highest BCUT2D eigenvalue weighted by Gasteiger charge is 2.39. The minimum Gasteiger partial charge on any atom is -0.487 e. The summed E-state index contributed by atoms with van der Waals surface area (Å²) < 4.78 is 6.00. The lowest BCUT2D eigenvalue weighted by Gasteiger charge is -2.41. The van der Waals surface area contributed by atoms with Crippen LogP contribution < -0.4 is 4.74 Å². The van der Waals surface area contributed by atoms with Gasteiger partial charge in [-0.3, -0.25) is 4.79 Å². The molecule has 5 nitrogen and oxygen atoms in total. The number of carbonyl (C=O) groups is 1. The maximum atomic E-state index is 12.1. The van der Waals surface area contributed by atoms with Gasteiger partial charge in [0, 0.05) is 31.6 Å². The highest BCUT2D eigenvalue weighted by atomic mass is 16.5. The van der Waals surface area contributed by atoms with Gasteiger partial charge in [0.05, 0.1) is 17.7 Å². The Hall–Kier alpha value is -2.06. The van der Waals surface area contributed by atoms with Gasteiger partial charge in [0.25, 0.3) is 0 Å². The second-order valence-electron chi connectivity index (χ2n) is 7.71. The van der Waals surface area contributed by atoms with Crippen LogP contribution in [-0.4, -0.2) is 34.7 Å². The molecule has 0 aromatic heterocycles. The number of carbonyl (C=O) groups excluding carboxylic acids is 1. The van der Waals surface area contributed by atoms with E-state index in [1.165, 1.54) is 0 Å². The normalized spacial score (nSPS) is 21.1. The topological polar surface area (TPSA) is 73.6 Å². The monoisotopic (exact) mass is 344 g/mol. The Bertz CT molecular complexity index is 661. The zero-order chi connectivity index (χ0) is 18.6. The number of aliphatic hydroxyl groups excluding tert-OH is 1. The molecule has 1 amide bonds. The number of likely N-dealkylation sites (tertiary alicyclic amines) is 1. The number of nitriles is 1. The molecule has 1 unspecified atom stereocenters. The molecule has 1 atom stereocenters. The summed E-state index contributed by atoms with van der Waals surface area (Å²) in [4.78, 5) is 14.0. The average molecular weight is 344 g/mol. The third-order valence-corrected chi connectivity index (χ3v) is 4.42. The summed E-state index contributed by atoms with van der Waals surface area (Å²) in [6.07, 6.45) is 2.32. The van der Waals surface area contributed by atoms with Crippen molar-refractivity contribution >= 4 is 5.91 Å². The Kier molecular flexibility index (Phi) is 6.07. The fourth-order valence-corrected chi connectivity index (χ4v) is 3.16. The van der Waals surface area contributed by atoms with Gasteiger partial charge in [-0.05, 0) is 44.4 Å². The van der Waals surface area contributed by atoms with Crippen LogP contribution in [0.2, 0.25) is 0 Å². The molecule has 2 heterocycles. The van der Waals surface area contributed by atoms with Gasteiger partial charge < -0.3 is 14.7 Å². The third kappa shape index (κ3) is 4.73. The number of nitrogens with zero attached hydrogens (tertiary/aromatic N) is 2. The number of benzene rings is 1. The van der Waals surface area contributed by atoms with Crippen molar-refractivity contribution in [3.8, 4) is 11.8 Å². The number of ether oxygens (including phenoxy) is 1. The fraction of sp³-hybridized carbons (Fsp3) is 0.600. The molecule has 2 aliphatic heterocycles. The number of fused-ring (bicyclic) bond motifs is 1. The van der Waals surface area contributed by atoms with Crippen LogP contribution in [0.25, 0.3) is 0 Å². The molecule has 136 valence electrons. The van der Waals surface area contributed by atoms with E-state index >= 15 is 0 Å². The molecule has 3 rings (SSSR count). The van der Waals surface area contributed by atoms with Gasteiger partial charge in [-0.15, -0.1) is 0 Å². The van der Waals surface area contributed by atoms with E-state index in [0.717, 1.165) is 30.7 Å². The summed E-state index contributed by atoms with van der Waals surface area (Å²) in [5.41, 5.74) is 1.29. The van der Waals surface area contributed by atoms with E-state index in [4.69, 9.17) is 15.1 Å². The van der Waals surface area contributed by atoms with E-state index in [9.17, 15) is 4.79 Å². The van der Waals surface area contributed by atoms with Gasteiger partial charge in [-0.1, -0.05) is 13.8 Å². The minimum atomic E-state index is -0.297. The summed E-state index contributed by atoms with van der Waals surface area (Å²) in [5.74, 6) is 1.45. The SMILES string of the molecule is CC(C)CO.CC1(C)CC(N2CCCC2=O)c2cc(C#N)ccc2O1. The summed E-state index contributed by atoms with van der Waals surface area (Å²) >= 11 is 0. The molecule has 0 aliphatic carbocycles. The summed E-state index contributed by atoms with van der Waals surface area (Å²) in [6, 6.07) is 7.66. The Morgan fingerprint density at radius 3 is 2.64 bits per heavy atom. The Morgan fingerprint density at radius 2 is 2.12 bits per heavy atom. The smallest absolute Gasteiger partial charge is 0.223 e. The first-order chi connectivity index (χ1) is 11.8. The van der Waals surface area contributed by atoms with Gasteiger partial charge in [0.2, 0.25) is 5.91 Å². The lowest BCUT2D eigenvalue weighted by atomic mass is 9.88. The first-order valence-corrected chi connectivity index (χ1v) is 8.91. The van der Waals surface area contributed by atoms with E-state index in [1.807, 2.05) is 44.7 Å². The molecule has 0 saturated carbocycles. The number of amides is 1. The van der Waals surface area contributed by atoms with Crippen LogP contribution in [0.4, 0.5) is 0 Å². The van der Waals surface area contributed by atoms with E-state index < -0.39 is 0 Å². The third-order valence-electron chi connectivity index (χ3n) is 4.42. The van der Waals surface area contributed by atoms with Crippen molar-refractivity contribution in [2.24, 2.45) is 5.92 Å². The van der Waals surface area contributed by atoms with Crippen LogP contribution in [0, 0.1) is 17.2 Å². The number of hydrogen-bond acceptors (Lipinski definition) is 4. The zero-order valence-corrected chi connectivity index (χ0v) is 15.6. The van der Waals surface area contributed by atoms with Crippen molar-refractivity contribution in [1.29, 1.82) is 5.26 Å². The van der Waals surface area contributed by atoms with Crippen molar-refractivity contribution in [2.75, 3.05) is 13.2 Å². The van der Waals surface area contributed by atoms with Gasteiger partial charge in [0.15, 0.2) is 0 Å². The number of hydrogen-bond donors (Lipinski definition) is 1. The molecular weight excluding hydrogens is 316 g/mol. The lowest BCUT2D eigenvalue weighted by molar-refractivity contribution is -0.131. The summed E-state index contributed by atoms with van der Waals surface area (Å²) in [7, 11) is 0. The standard InChI is InChI=1S/C16H18N2O2.C4H10O/c1-16(2)9-13(18-7-3-4-15(18)19)12-8-11(10-17)5-6-14(12)20-16;1-4(2)3-5/h5-6,8,13H,3-4,7,9H2,1-2H3;4-5H,3H2,1-2H3. The molecule has 5 heteroatoms. The number of rotatable bonds is 2. The molecule has 0 bridgehead atoms. The Labute approximate surface area is 150 Å². The van der Waals surface area contributed by atoms with Crippen molar-refractivity contribution in [1.82, 2.24) is 4.90 Å². The van der Waals surface area contributed by atoms with E-state index in [2.05, 4.69) is 6.07 Å². The summed E-state index contributed by atoms with van der Waals surface area (Å²) in [6.45, 7) is 9.14. The molecular formula is C20H28N2O3. The van der Waals surface area contributed by atoms with Crippen LogP contribution in [0.1, 0.15) is 64.1 Å². The molecule has 1 aromatic carbocycles. The Balaban J connectivity index is 0.000000399. The first kappa shape index (κ1) is 19.3. The van der Waals surface area contributed by atoms with E-state index in [0.29, 0.717) is 24.5 Å². The lowest BCUT2D eigenvalue weighted by Crippen LogP contribution is -2.42.